The van der Waals surface area contributed by atoms with Crippen molar-refractivity contribution in [2.45, 2.75) is 31.0 Å². The van der Waals surface area contributed by atoms with Crippen molar-refractivity contribution in [2.24, 2.45) is 0 Å². The molecule has 0 saturated carbocycles. The topological polar surface area (TPSA) is 89.1 Å². The van der Waals surface area contributed by atoms with E-state index in [0.717, 1.165) is 32.5 Å². The molecule has 27 heavy (non-hydrogen) atoms. The number of nitrogen functional groups attached to an aromatic ring is 1. The monoisotopic (exact) mass is 428 g/mol. The Morgan fingerprint density at radius 2 is 2.07 bits per heavy atom. The van der Waals surface area contributed by atoms with Gasteiger partial charge in [0.1, 0.15) is 0 Å². The molecule has 1 saturated heterocycles. The molecule has 1 aliphatic rings. The summed E-state index contributed by atoms with van der Waals surface area (Å²) >= 11 is 13.5. The van der Waals surface area contributed by atoms with E-state index in [4.69, 9.17) is 29.0 Å². The van der Waals surface area contributed by atoms with Crippen molar-refractivity contribution in [1.82, 2.24) is 25.1 Å². The van der Waals surface area contributed by atoms with E-state index in [0.29, 0.717) is 26.6 Å². The van der Waals surface area contributed by atoms with Crippen molar-refractivity contribution in [1.29, 1.82) is 0 Å². The molecule has 10 heteroatoms. The van der Waals surface area contributed by atoms with Crippen LogP contribution in [-0.2, 0) is 4.79 Å². The van der Waals surface area contributed by atoms with E-state index in [-0.39, 0.29) is 17.7 Å². The summed E-state index contributed by atoms with van der Waals surface area (Å²) in [6.07, 6.45) is 1.96. The van der Waals surface area contributed by atoms with Gasteiger partial charge in [-0.15, -0.1) is 10.2 Å². The summed E-state index contributed by atoms with van der Waals surface area (Å²) in [5.41, 5.74) is 0.596. The van der Waals surface area contributed by atoms with Crippen molar-refractivity contribution >= 4 is 40.9 Å². The van der Waals surface area contributed by atoms with E-state index in [1.165, 1.54) is 16.4 Å². The standard InChI is InChI=1S/C17H22Cl2N6OS/c1-2-24-7-5-12(6-8-24)21-15(26)10-27-17-23-22-16(25(17)20)13-9-11(18)3-4-14(13)19/h3-4,9,12H,2,5-8,10,20H2,1H3,(H,21,26). The SMILES string of the molecule is CCN1CCC(NC(=O)CSc2nnc(-c3cc(Cl)ccc3Cl)n2N)CC1. The van der Waals surface area contributed by atoms with Gasteiger partial charge in [-0.05, 0) is 37.6 Å². The molecule has 3 rings (SSSR count). The smallest absolute Gasteiger partial charge is 0.230 e. The summed E-state index contributed by atoms with van der Waals surface area (Å²) in [6.45, 7) is 5.26. The van der Waals surface area contributed by atoms with Gasteiger partial charge < -0.3 is 16.1 Å². The molecule has 7 nitrogen and oxygen atoms in total. The van der Waals surface area contributed by atoms with Crippen LogP contribution in [0, 0.1) is 0 Å². The molecular formula is C17H22Cl2N6OS. The normalized spacial score (nSPS) is 15.8. The summed E-state index contributed by atoms with van der Waals surface area (Å²) in [7, 11) is 0. The average Bonchev–Trinajstić information content (AvgIpc) is 3.03. The van der Waals surface area contributed by atoms with Gasteiger partial charge in [-0.25, -0.2) is 4.68 Å². The highest BCUT2D eigenvalue weighted by Gasteiger charge is 2.21. The number of nitrogens with one attached hydrogen (secondary N) is 1. The predicted molar refractivity (Wildman–Crippen MR) is 110 cm³/mol. The molecule has 1 fully saturated rings. The Balaban J connectivity index is 1.57. The summed E-state index contributed by atoms with van der Waals surface area (Å²) < 4.78 is 1.33. The predicted octanol–water partition coefficient (Wildman–Crippen LogP) is 2.66. The zero-order chi connectivity index (χ0) is 19.4. The number of nitrogens with zero attached hydrogens (tertiary/aromatic N) is 4. The fraction of sp³-hybridized carbons (Fsp3) is 0.471. The Kier molecular flexibility index (Phi) is 6.86. The molecule has 0 unspecified atom stereocenters. The number of carbonyl (C=O) groups is 1. The lowest BCUT2D eigenvalue weighted by Gasteiger charge is -2.31. The average molecular weight is 429 g/mol. The first-order valence-electron chi connectivity index (χ1n) is 8.78. The quantitative estimate of drug-likeness (QED) is 0.542. The van der Waals surface area contributed by atoms with Crippen molar-refractivity contribution in [3.8, 4) is 11.4 Å². The van der Waals surface area contributed by atoms with Gasteiger partial charge in [-0.2, -0.15) is 0 Å². The van der Waals surface area contributed by atoms with E-state index >= 15 is 0 Å². The van der Waals surface area contributed by atoms with Gasteiger partial charge in [0.25, 0.3) is 0 Å². The largest absolute Gasteiger partial charge is 0.353 e. The molecule has 0 radical (unpaired) electrons. The molecule has 1 amide bonds. The van der Waals surface area contributed by atoms with Crippen LogP contribution in [0.15, 0.2) is 23.4 Å². The second-order valence-electron chi connectivity index (χ2n) is 6.37. The third-order valence-corrected chi connectivity index (χ3v) is 6.07. The Bertz CT molecular complexity index is 807. The molecular weight excluding hydrogens is 407 g/mol. The van der Waals surface area contributed by atoms with Crippen LogP contribution in [0.5, 0.6) is 0 Å². The first-order chi connectivity index (χ1) is 13.0. The number of hydrogen-bond donors (Lipinski definition) is 2. The molecule has 2 aromatic rings. The van der Waals surface area contributed by atoms with Gasteiger partial charge in [-0.1, -0.05) is 41.9 Å². The van der Waals surface area contributed by atoms with Crippen molar-refractivity contribution in [3.63, 3.8) is 0 Å². The van der Waals surface area contributed by atoms with Crippen molar-refractivity contribution < 1.29 is 4.79 Å². The van der Waals surface area contributed by atoms with Crippen molar-refractivity contribution in [3.05, 3.63) is 28.2 Å². The molecule has 146 valence electrons. The van der Waals surface area contributed by atoms with Crippen molar-refractivity contribution in [2.75, 3.05) is 31.2 Å². The zero-order valence-electron chi connectivity index (χ0n) is 15.0. The Morgan fingerprint density at radius 1 is 1.33 bits per heavy atom. The lowest BCUT2D eigenvalue weighted by Crippen LogP contribution is -2.45. The number of thioether (sulfide) groups is 1. The van der Waals surface area contributed by atoms with Crippen LogP contribution >= 0.6 is 35.0 Å². The van der Waals surface area contributed by atoms with E-state index < -0.39 is 0 Å². The number of piperidine rings is 1. The molecule has 0 aliphatic carbocycles. The molecule has 0 spiro atoms. The third-order valence-electron chi connectivity index (χ3n) is 4.57. The molecule has 2 heterocycles. The fourth-order valence-corrected chi connectivity index (χ4v) is 4.06. The molecule has 1 aromatic heterocycles. The van der Waals surface area contributed by atoms with Crippen LogP contribution in [0.3, 0.4) is 0 Å². The van der Waals surface area contributed by atoms with Gasteiger partial charge in [0.2, 0.25) is 11.1 Å². The van der Waals surface area contributed by atoms with Gasteiger partial charge in [-0.3, -0.25) is 4.79 Å². The number of hydrogen-bond acceptors (Lipinski definition) is 6. The van der Waals surface area contributed by atoms with E-state index in [1.54, 1.807) is 18.2 Å². The van der Waals surface area contributed by atoms with Crippen LogP contribution in [0.25, 0.3) is 11.4 Å². The second kappa shape index (κ2) is 9.14. The van der Waals surface area contributed by atoms with Crippen LogP contribution in [0.2, 0.25) is 10.0 Å². The number of amides is 1. The highest BCUT2D eigenvalue weighted by atomic mass is 35.5. The highest BCUT2D eigenvalue weighted by molar-refractivity contribution is 7.99. The highest BCUT2D eigenvalue weighted by Crippen LogP contribution is 2.30. The number of benzene rings is 1. The van der Waals surface area contributed by atoms with Gasteiger partial charge >= 0.3 is 0 Å². The summed E-state index contributed by atoms with van der Waals surface area (Å²) in [5.74, 6) is 6.69. The minimum Gasteiger partial charge on any atom is -0.353 e. The Labute approximate surface area is 172 Å². The summed E-state index contributed by atoms with van der Waals surface area (Å²) in [5, 5.41) is 12.7. The zero-order valence-corrected chi connectivity index (χ0v) is 17.3. The molecule has 0 atom stereocenters. The maximum Gasteiger partial charge on any atom is 0.230 e. The number of carbonyl (C=O) groups excluding carboxylic acids is 1. The molecule has 0 bridgehead atoms. The Morgan fingerprint density at radius 3 is 2.78 bits per heavy atom. The van der Waals surface area contributed by atoms with E-state index in [2.05, 4.69) is 27.3 Å². The maximum atomic E-state index is 12.2. The number of nitrogens with two attached hydrogens (primary N) is 1. The Hall–Kier alpha value is -1.48. The van der Waals surface area contributed by atoms with Gasteiger partial charge in [0.15, 0.2) is 5.82 Å². The first-order valence-corrected chi connectivity index (χ1v) is 10.5. The van der Waals surface area contributed by atoms with Crippen LogP contribution in [0.1, 0.15) is 19.8 Å². The van der Waals surface area contributed by atoms with Gasteiger partial charge in [0, 0.05) is 29.7 Å². The summed E-state index contributed by atoms with van der Waals surface area (Å²) in [4.78, 5) is 14.6. The maximum absolute atomic E-state index is 12.2. The summed E-state index contributed by atoms with van der Waals surface area (Å²) in [6, 6.07) is 5.28. The van der Waals surface area contributed by atoms with E-state index in [9.17, 15) is 4.79 Å². The second-order valence-corrected chi connectivity index (χ2v) is 8.15. The van der Waals surface area contributed by atoms with E-state index in [1.807, 2.05) is 0 Å². The third kappa shape index (κ3) is 5.07. The first kappa shape index (κ1) is 20.3. The van der Waals surface area contributed by atoms with Crippen LogP contribution in [0.4, 0.5) is 0 Å². The fourth-order valence-electron chi connectivity index (χ4n) is 3.02. The van der Waals surface area contributed by atoms with Crippen LogP contribution < -0.4 is 11.2 Å². The minimum absolute atomic E-state index is 0.0275. The lowest BCUT2D eigenvalue weighted by molar-refractivity contribution is -0.119. The molecule has 1 aromatic carbocycles. The lowest BCUT2D eigenvalue weighted by atomic mass is 10.1. The minimum atomic E-state index is -0.0275. The van der Waals surface area contributed by atoms with Gasteiger partial charge in [0.05, 0.1) is 10.8 Å². The van der Waals surface area contributed by atoms with Crippen LogP contribution in [-0.4, -0.2) is 57.1 Å². The number of rotatable bonds is 6. The number of likely N-dealkylation sites (tertiary alicyclic amines) is 1. The number of halogens is 2. The molecule has 1 aliphatic heterocycles. The number of aromatic nitrogens is 3. The molecule has 3 N–H and O–H groups in total.